The van der Waals surface area contributed by atoms with Crippen molar-refractivity contribution in [1.82, 2.24) is 4.98 Å². The lowest BCUT2D eigenvalue weighted by atomic mass is 10.2. The number of hydrogen-bond donors (Lipinski definition) is 2. The van der Waals surface area contributed by atoms with Gasteiger partial charge in [-0.1, -0.05) is 0 Å². The topological polar surface area (TPSA) is 88.5 Å². The molecule has 1 aromatic heterocycles. The lowest BCUT2D eigenvalue weighted by molar-refractivity contribution is -0.150. The molecule has 1 amide bonds. The number of carbonyl (C=O) groups excluding carboxylic acids is 1. The van der Waals surface area contributed by atoms with Crippen molar-refractivity contribution in [2.75, 3.05) is 5.32 Å². The summed E-state index contributed by atoms with van der Waals surface area (Å²) in [6, 6.07) is 1.69. The maximum atomic E-state index is 11.9. The fourth-order valence-electron chi connectivity index (χ4n) is 1.84. The minimum atomic E-state index is -1.02. The number of anilines is 1. The molecule has 18 heavy (non-hydrogen) atoms. The third-order valence-corrected chi connectivity index (χ3v) is 2.87. The second-order valence-electron chi connectivity index (χ2n) is 4.21. The number of aryl methyl sites for hydroxylation is 1. The van der Waals surface area contributed by atoms with E-state index in [1.807, 2.05) is 6.92 Å². The molecule has 2 N–H and O–H groups in total. The Morgan fingerprint density at radius 1 is 1.44 bits per heavy atom. The number of amides is 1. The molecule has 6 nitrogen and oxygen atoms in total. The molecule has 0 spiro atoms. The Morgan fingerprint density at radius 2 is 2.17 bits per heavy atom. The van der Waals surface area contributed by atoms with Crippen molar-refractivity contribution in [2.45, 2.75) is 32.0 Å². The summed E-state index contributed by atoms with van der Waals surface area (Å²) in [5.41, 5.74) is 1.51. The van der Waals surface area contributed by atoms with Gasteiger partial charge in [0.1, 0.15) is 6.10 Å². The summed E-state index contributed by atoms with van der Waals surface area (Å²) in [4.78, 5) is 26.5. The number of aliphatic carboxylic acids is 1. The Balaban J connectivity index is 1.98. The van der Waals surface area contributed by atoms with Crippen LogP contribution in [-0.4, -0.2) is 34.2 Å². The van der Waals surface area contributed by atoms with Crippen molar-refractivity contribution in [1.29, 1.82) is 0 Å². The quantitative estimate of drug-likeness (QED) is 0.834. The number of carboxylic acid groups (broad SMARTS) is 1. The van der Waals surface area contributed by atoms with Gasteiger partial charge >= 0.3 is 5.97 Å². The van der Waals surface area contributed by atoms with E-state index in [1.54, 1.807) is 18.5 Å². The third-order valence-electron chi connectivity index (χ3n) is 2.87. The summed E-state index contributed by atoms with van der Waals surface area (Å²) in [5.74, 6) is -1.33. The van der Waals surface area contributed by atoms with Crippen LogP contribution in [0.5, 0.6) is 0 Å². The van der Waals surface area contributed by atoms with E-state index in [0.717, 1.165) is 5.56 Å². The van der Waals surface area contributed by atoms with Gasteiger partial charge in [0.05, 0.1) is 0 Å². The molecule has 1 aromatic rings. The summed E-state index contributed by atoms with van der Waals surface area (Å²) in [6.45, 7) is 1.83. The number of ether oxygens (including phenoxy) is 1. The van der Waals surface area contributed by atoms with Crippen molar-refractivity contribution in [3.8, 4) is 0 Å². The van der Waals surface area contributed by atoms with E-state index < -0.39 is 18.2 Å². The van der Waals surface area contributed by atoms with Crippen LogP contribution in [0.2, 0.25) is 0 Å². The predicted octanol–water partition coefficient (Wildman–Crippen LogP) is 0.961. The predicted molar refractivity (Wildman–Crippen MR) is 63.1 cm³/mol. The Hall–Kier alpha value is -1.95. The number of carbonyl (C=O) groups is 2. The normalized spacial score (nSPS) is 22.7. The van der Waals surface area contributed by atoms with Gasteiger partial charge in [0, 0.05) is 18.1 Å². The minimum Gasteiger partial charge on any atom is -0.479 e. The number of nitrogens with zero attached hydrogens (tertiary/aromatic N) is 1. The first-order valence-corrected chi connectivity index (χ1v) is 5.67. The van der Waals surface area contributed by atoms with E-state index in [9.17, 15) is 9.59 Å². The van der Waals surface area contributed by atoms with Gasteiger partial charge in [-0.15, -0.1) is 0 Å². The zero-order valence-corrected chi connectivity index (χ0v) is 9.92. The molecule has 2 atom stereocenters. The molecule has 0 saturated carbocycles. The number of aromatic nitrogens is 1. The van der Waals surface area contributed by atoms with Crippen LogP contribution in [0.1, 0.15) is 18.4 Å². The summed E-state index contributed by atoms with van der Waals surface area (Å²) in [5, 5.41) is 11.5. The maximum Gasteiger partial charge on any atom is 0.332 e. The Labute approximate surface area is 104 Å². The summed E-state index contributed by atoms with van der Waals surface area (Å²) in [6.07, 6.45) is 2.44. The van der Waals surface area contributed by atoms with E-state index in [1.165, 1.54) is 0 Å². The van der Waals surface area contributed by atoms with Gasteiger partial charge in [0.25, 0.3) is 5.91 Å². The van der Waals surface area contributed by atoms with Crippen molar-refractivity contribution >= 4 is 17.6 Å². The highest BCUT2D eigenvalue weighted by atomic mass is 16.5. The number of hydrogen-bond acceptors (Lipinski definition) is 4. The van der Waals surface area contributed by atoms with Gasteiger partial charge < -0.3 is 15.2 Å². The molecule has 0 bridgehead atoms. The average molecular weight is 250 g/mol. The zero-order chi connectivity index (χ0) is 13.1. The molecule has 1 aliphatic heterocycles. The van der Waals surface area contributed by atoms with E-state index in [-0.39, 0.29) is 5.91 Å². The summed E-state index contributed by atoms with van der Waals surface area (Å²) < 4.78 is 5.17. The van der Waals surface area contributed by atoms with Crippen molar-refractivity contribution in [2.24, 2.45) is 0 Å². The largest absolute Gasteiger partial charge is 0.479 e. The molecule has 96 valence electrons. The fourth-order valence-corrected chi connectivity index (χ4v) is 1.84. The Bertz CT molecular complexity index is 475. The Morgan fingerprint density at radius 3 is 2.78 bits per heavy atom. The van der Waals surface area contributed by atoms with Gasteiger partial charge in [-0.3, -0.25) is 9.78 Å². The third kappa shape index (κ3) is 2.65. The lowest BCUT2D eigenvalue weighted by Crippen LogP contribution is -2.30. The fraction of sp³-hybridized carbons (Fsp3) is 0.417. The monoisotopic (exact) mass is 250 g/mol. The van der Waals surface area contributed by atoms with Crippen molar-refractivity contribution in [3.05, 3.63) is 24.0 Å². The lowest BCUT2D eigenvalue weighted by Gasteiger charge is -2.12. The summed E-state index contributed by atoms with van der Waals surface area (Å²) in [7, 11) is 0. The molecule has 0 radical (unpaired) electrons. The van der Waals surface area contributed by atoms with Crippen molar-refractivity contribution in [3.63, 3.8) is 0 Å². The molecule has 2 unspecified atom stereocenters. The smallest absolute Gasteiger partial charge is 0.332 e. The molecule has 0 aromatic carbocycles. The van der Waals surface area contributed by atoms with Crippen molar-refractivity contribution < 1.29 is 19.4 Å². The maximum absolute atomic E-state index is 11.9. The van der Waals surface area contributed by atoms with Crippen LogP contribution in [0.4, 0.5) is 5.69 Å². The SMILES string of the molecule is Cc1cnccc1NC(=O)C1CCC(C(=O)O)O1. The number of carboxylic acids is 1. The molecular formula is C12H14N2O4. The molecule has 6 heteroatoms. The first kappa shape index (κ1) is 12.5. The highest BCUT2D eigenvalue weighted by molar-refractivity contribution is 5.95. The van der Waals surface area contributed by atoms with Gasteiger partial charge in [-0.25, -0.2) is 4.79 Å². The van der Waals surface area contributed by atoms with Gasteiger partial charge in [0.2, 0.25) is 0 Å². The number of rotatable bonds is 3. The molecular weight excluding hydrogens is 236 g/mol. The molecule has 0 aliphatic carbocycles. The van der Waals surface area contributed by atoms with E-state index in [0.29, 0.717) is 18.5 Å². The minimum absolute atomic E-state index is 0.312. The zero-order valence-electron chi connectivity index (χ0n) is 9.92. The van der Waals surface area contributed by atoms with Crippen LogP contribution < -0.4 is 5.32 Å². The second kappa shape index (κ2) is 5.14. The van der Waals surface area contributed by atoms with Crippen LogP contribution >= 0.6 is 0 Å². The van der Waals surface area contributed by atoms with Crippen LogP contribution in [0, 0.1) is 6.92 Å². The van der Waals surface area contributed by atoms with Gasteiger partial charge in [-0.2, -0.15) is 0 Å². The molecule has 1 fully saturated rings. The van der Waals surface area contributed by atoms with Crippen LogP contribution in [0.25, 0.3) is 0 Å². The standard InChI is InChI=1S/C12H14N2O4/c1-7-6-13-5-4-8(7)14-11(15)9-2-3-10(18-9)12(16)17/h4-6,9-10H,2-3H2,1H3,(H,16,17)(H,13,14,15). The first-order chi connectivity index (χ1) is 8.58. The van der Waals surface area contributed by atoms with Crippen LogP contribution in [0.3, 0.4) is 0 Å². The Kier molecular flexibility index (Phi) is 3.57. The molecule has 1 saturated heterocycles. The highest BCUT2D eigenvalue weighted by Crippen LogP contribution is 2.22. The molecule has 2 heterocycles. The van der Waals surface area contributed by atoms with E-state index in [4.69, 9.17) is 9.84 Å². The number of nitrogens with one attached hydrogen (secondary N) is 1. The van der Waals surface area contributed by atoms with Crippen LogP contribution in [0.15, 0.2) is 18.5 Å². The second-order valence-corrected chi connectivity index (χ2v) is 4.21. The van der Waals surface area contributed by atoms with Crippen LogP contribution in [-0.2, 0) is 14.3 Å². The van der Waals surface area contributed by atoms with E-state index >= 15 is 0 Å². The summed E-state index contributed by atoms with van der Waals surface area (Å²) >= 11 is 0. The number of pyridine rings is 1. The van der Waals surface area contributed by atoms with E-state index in [2.05, 4.69) is 10.3 Å². The molecule has 1 aliphatic rings. The highest BCUT2D eigenvalue weighted by Gasteiger charge is 2.34. The van der Waals surface area contributed by atoms with Gasteiger partial charge in [0.15, 0.2) is 6.10 Å². The van der Waals surface area contributed by atoms with Gasteiger partial charge in [-0.05, 0) is 31.4 Å². The first-order valence-electron chi connectivity index (χ1n) is 5.67. The average Bonchev–Trinajstić information content (AvgIpc) is 2.81. The molecule has 2 rings (SSSR count).